The summed E-state index contributed by atoms with van der Waals surface area (Å²) in [5.74, 6) is -0.226. The summed E-state index contributed by atoms with van der Waals surface area (Å²) in [6.45, 7) is 9.30. The number of hydrogen-bond donors (Lipinski definition) is 2. The predicted molar refractivity (Wildman–Crippen MR) is 123 cm³/mol. The SMILES string of the molecule is CCN(CC)CCNC(=O)[C@H](C)N1C(=O)c2ccccc2[C@@H]1c1c[nH]c2ccccc12. The minimum Gasteiger partial charge on any atom is -0.361 e. The fourth-order valence-electron chi connectivity index (χ4n) is 4.52. The summed E-state index contributed by atoms with van der Waals surface area (Å²) in [5, 5.41) is 4.09. The molecule has 4 rings (SSSR count). The largest absolute Gasteiger partial charge is 0.361 e. The third-order valence-electron chi connectivity index (χ3n) is 6.33. The van der Waals surface area contributed by atoms with Gasteiger partial charge in [0, 0.05) is 41.3 Å². The minimum absolute atomic E-state index is 0.0997. The fourth-order valence-corrected chi connectivity index (χ4v) is 4.52. The molecule has 1 aliphatic heterocycles. The van der Waals surface area contributed by atoms with Crippen molar-refractivity contribution < 1.29 is 9.59 Å². The van der Waals surface area contributed by atoms with Gasteiger partial charge in [-0.3, -0.25) is 9.59 Å². The van der Waals surface area contributed by atoms with Gasteiger partial charge in [-0.05, 0) is 37.7 Å². The van der Waals surface area contributed by atoms with E-state index in [1.807, 2.05) is 55.6 Å². The van der Waals surface area contributed by atoms with E-state index in [9.17, 15) is 9.59 Å². The van der Waals surface area contributed by atoms with Crippen LogP contribution in [0.4, 0.5) is 0 Å². The lowest BCUT2D eigenvalue weighted by molar-refractivity contribution is -0.125. The van der Waals surface area contributed by atoms with Crippen LogP contribution in [0.1, 0.15) is 48.3 Å². The van der Waals surface area contributed by atoms with E-state index in [0.29, 0.717) is 12.1 Å². The number of nitrogens with zero attached hydrogens (tertiary/aromatic N) is 2. The van der Waals surface area contributed by atoms with Crippen LogP contribution in [-0.2, 0) is 4.79 Å². The molecule has 162 valence electrons. The first-order chi connectivity index (χ1) is 15.1. The molecule has 0 bridgehead atoms. The van der Waals surface area contributed by atoms with Gasteiger partial charge >= 0.3 is 0 Å². The molecular formula is C25H30N4O2. The van der Waals surface area contributed by atoms with Crippen molar-refractivity contribution in [3.63, 3.8) is 0 Å². The first-order valence-electron chi connectivity index (χ1n) is 11.0. The highest BCUT2D eigenvalue weighted by molar-refractivity contribution is 6.03. The normalized spacial score (nSPS) is 16.7. The maximum Gasteiger partial charge on any atom is 0.255 e. The van der Waals surface area contributed by atoms with Gasteiger partial charge in [0.25, 0.3) is 5.91 Å². The van der Waals surface area contributed by atoms with Crippen LogP contribution in [0.15, 0.2) is 54.7 Å². The van der Waals surface area contributed by atoms with E-state index in [1.54, 1.807) is 4.90 Å². The van der Waals surface area contributed by atoms with Gasteiger partial charge in [0.05, 0.1) is 6.04 Å². The summed E-state index contributed by atoms with van der Waals surface area (Å²) in [7, 11) is 0. The Morgan fingerprint density at radius 1 is 1.10 bits per heavy atom. The molecule has 1 aromatic heterocycles. The first kappa shape index (κ1) is 21.1. The van der Waals surface area contributed by atoms with Crippen LogP contribution < -0.4 is 5.32 Å². The average Bonchev–Trinajstić information content (AvgIpc) is 3.35. The first-order valence-corrected chi connectivity index (χ1v) is 11.0. The highest BCUT2D eigenvalue weighted by Gasteiger charge is 2.42. The number of fused-ring (bicyclic) bond motifs is 2. The highest BCUT2D eigenvalue weighted by Crippen LogP contribution is 2.42. The summed E-state index contributed by atoms with van der Waals surface area (Å²) in [6, 6.07) is 14.8. The highest BCUT2D eigenvalue weighted by atomic mass is 16.2. The second-order valence-corrected chi connectivity index (χ2v) is 7.99. The zero-order valence-corrected chi connectivity index (χ0v) is 18.4. The number of para-hydroxylation sites is 1. The van der Waals surface area contributed by atoms with Crippen LogP contribution in [0.5, 0.6) is 0 Å². The van der Waals surface area contributed by atoms with Crippen molar-refractivity contribution in [1.82, 2.24) is 20.1 Å². The number of amides is 2. The molecule has 31 heavy (non-hydrogen) atoms. The molecule has 0 unspecified atom stereocenters. The number of likely N-dealkylation sites (N-methyl/N-ethyl adjacent to an activating group) is 1. The molecule has 0 aliphatic carbocycles. The van der Waals surface area contributed by atoms with Gasteiger partial charge in [0.1, 0.15) is 6.04 Å². The van der Waals surface area contributed by atoms with E-state index in [2.05, 4.69) is 35.1 Å². The Kier molecular flexibility index (Phi) is 6.09. The van der Waals surface area contributed by atoms with Crippen molar-refractivity contribution in [3.8, 4) is 0 Å². The lowest BCUT2D eigenvalue weighted by atomic mass is 9.97. The summed E-state index contributed by atoms with van der Waals surface area (Å²) in [4.78, 5) is 33.7. The Bertz CT molecular complexity index is 1090. The van der Waals surface area contributed by atoms with Crippen LogP contribution in [0.25, 0.3) is 10.9 Å². The van der Waals surface area contributed by atoms with Crippen LogP contribution >= 0.6 is 0 Å². The van der Waals surface area contributed by atoms with Crippen molar-refractivity contribution in [2.45, 2.75) is 32.9 Å². The fraction of sp³-hybridized carbons (Fsp3) is 0.360. The smallest absolute Gasteiger partial charge is 0.255 e. The van der Waals surface area contributed by atoms with E-state index in [-0.39, 0.29) is 17.9 Å². The van der Waals surface area contributed by atoms with Crippen LogP contribution in [0, 0.1) is 0 Å². The second-order valence-electron chi connectivity index (χ2n) is 7.99. The summed E-state index contributed by atoms with van der Waals surface area (Å²) in [5.41, 5.74) is 3.64. The maximum atomic E-state index is 13.4. The molecule has 2 atom stereocenters. The molecule has 3 aromatic rings. The quantitative estimate of drug-likeness (QED) is 0.588. The minimum atomic E-state index is -0.588. The predicted octanol–water partition coefficient (Wildman–Crippen LogP) is 3.56. The average molecular weight is 419 g/mol. The summed E-state index contributed by atoms with van der Waals surface area (Å²) in [6.07, 6.45) is 1.96. The van der Waals surface area contributed by atoms with Crippen LogP contribution in [-0.4, -0.2) is 58.8 Å². The van der Waals surface area contributed by atoms with Crippen LogP contribution in [0.2, 0.25) is 0 Å². The summed E-state index contributed by atoms with van der Waals surface area (Å²) < 4.78 is 0. The monoisotopic (exact) mass is 418 g/mol. The number of aromatic nitrogens is 1. The number of H-pyrrole nitrogens is 1. The van der Waals surface area contributed by atoms with E-state index in [0.717, 1.165) is 41.7 Å². The van der Waals surface area contributed by atoms with E-state index in [4.69, 9.17) is 0 Å². The van der Waals surface area contributed by atoms with E-state index in [1.165, 1.54) is 0 Å². The molecule has 6 heteroatoms. The van der Waals surface area contributed by atoms with Crippen molar-refractivity contribution in [2.75, 3.05) is 26.2 Å². The van der Waals surface area contributed by atoms with Gasteiger partial charge in [0.2, 0.25) is 5.91 Å². The molecule has 0 fully saturated rings. The lowest BCUT2D eigenvalue weighted by Gasteiger charge is -2.31. The number of nitrogens with one attached hydrogen (secondary N) is 2. The molecule has 2 amide bonds. The van der Waals surface area contributed by atoms with Gasteiger partial charge in [-0.2, -0.15) is 0 Å². The van der Waals surface area contributed by atoms with Crippen molar-refractivity contribution >= 4 is 22.7 Å². The third-order valence-corrected chi connectivity index (χ3v) is 6.33. The standard InChI is InChI=1S/C25H30N4O2/c1-4-28(5-2)15-14-26-24(30)17(3)29-23(19-11-6-7-12-20(19)25(29)31)21-16-27-22-13-9-8-10-18(21)22/h6-13,16-17,23,27H,4-5,14-15H2,1-3H3,(H,26,30)/t17-,23+/m0/s1. The molecule has 2 heterocycles. The number of hydrogen-bond acceptors (Lipinski definition) is 3. The Hall–Kier alpha value is -3.12. The number of benzene rings is 2. The zero-order chi connectivity index (χ0) is 22.0. The van der Waals surface area contributed by atoms with Gasteiger partial charge in [-0.25, -0.2) is 0 Å². The van der Waals surface area contributed by atoms with Gasteiger partial charge in [-0.1, -0.05) is 50.2 Å². The Balaban J connectivity index is 1.64. The van der Waals surface area contributed by atoms with Gasteiger partial charge in [0.15, 0.2) is 0 Å². The van der Waals surface area contributed by atoms with Gasteiger partial charge in [-0.15, -0.1) is 0 Å². The molecule has 6 nitrogen and oxygen atoms in total. The van der Waals surface area contributed by atoms with E-state index < -0.39 is 6.04 Å². The van der Waals surface area contributed by atoms with Crippen molar-refractivity contribution in [1.29, 1.82) is 0 Å². The van der Waals surface area contributed by atoms with Crippen molar-refractivity contribution in [3.05, 3.63) is 71.4 Å². The number of rotatable bonds is 8. The van der Waals surface area contributed by atoms with Gasteiger partial charge < -0.3 is 20.1 Å². The molecular weight excluding hydrogens is 388 g/mol. The molecule has 0 spiro atoms. The topological polar surface area (TPSA) is 68.4 Å². The number of aromatic amines is 1. The molecule has 1 aliphatic rings. The van der Waals surface area contributed by atoms with Crippen LogP contribution in [0.3, 0.4) is 0 Å². The number of carbonyl (C=O) groups is 2. The Labute approximate surface area is 183 Å². The molecule has 2 N–H and O–H groups in total. The maximum absolute atomic E-state index is 13.4. The third kappa shape index (κ3) is 3.83. The Morgan fingerprint density at radius 3 is 2.58 bits per heavy atom. The van der Waals surface area contributed by atoms with Crippen molar-refractivity contribution in [2.24, 2.45) is 0 Å². The van der Waals surface area contributed by atoms with E-state index >= 15 is 0 Å². The summed E-state index contributed by atoms with van der Waals surface area (Å²) >= 11 is 0. The molecule has 0 radical (unpaired) electrons. The Morgan fingerprint density at radius 2 is 1.81 bits per heavy atom. The molecule has 0 saturated carbocycles. The molecule has 2 aromatic carbocycles. The number of carbonyl (C=O) groups excluding carboxylic acids is 2. The second kappa shape index (κ2) is 8.94. The molecule has 0 saturated heterocycles. The lowest BCUT2D eigenvalue weighted by Crippen LogP contribution is -2.48. The zero-order valence-electron chi connectivity index (χ0n) is 18.4.